The zero-order valence-electron chi connectivity index (χ0n) is 9.15. The standard InChI is InChI=1S/C11H24S/c1-5-8-10-12-11(4,7-3)9-6-2/h5-10H2,1-4H3. The molecule has 0 spiro atoms. The Kier molecular flexibility index (Phi) is 7.02. The van der Waals surface area contributed by atoms with Crippen molar-refractivity contribution in [1.29, 1.82) is 0 Å². The smallest absolute Gasteiger partial charge is 0.0129 e. The van der Waals surface area contributed by atoms with E-state index in [1.54, 1.807) is 0 Å². The maximum absolute atomic E-state index is 2.41. The highest BCUT2D eigenvalue weighted by Gasteiger charge is 2.20. The number of rotatable bonds is 7. The molecule has 1 heteroatoms. The van der Waals surface area contributed by atoms with Crippen LogP contribution in [-0.2, 0) is 0 Å². The molecule has 74 valence electrons. The summed E-state index contributed by atoms with van der Waals surface area (Å²) in [5.74, 6) is 1.35. The van der Waals surface area contributed by atoms with Gasteiger partial charge < -0.3 is 0 Å². The summed E-state index contributed by atoms with van der Waals surface area (Å²) in [6, 6.07) is 0. The van der Waals surface area contributed by atoms with Crippen LogP contribution in [0.2, 0.25) is 0 Å². The van der Waals surface area contributed by atoms with Crippen LogP contribution >= 0.6 is 11.8 Å². The largest absolute Gasteiger partial charge is 0.155 e. The lowest BCUT2D eigenvalue weighted by molar-refractivity contribution is 0.559. The Morgan fingerprint density at radius 1 is 1.08 bits per heavy atom. The van der Waals surface area contributed by atoms with Gasteiger partial charge in [-0.3, -0.25) is 0 Å². The molecule has 0 rings (SSSR count). The van der Waals surface area contributed by atoms with Crippen molar-refractivity contribution in [2.45, 2.75) is 64.5 Å². The van der Waals surface area contributed by atoms with Crippen molar-refractivity contribution in [3.8, 4) is 0 Å². The first-order valence-corrected chi connectivity index (χ1v) is 6.31. The minimum absolute atomic E-state index is 0.559. The highest BCUT2D eigenvalue weighted by Crippen LogP contribution is 2.33. The third-order valence-electron chi connectivity index (χ3n) is 2.48. The van der Waals surface area contributed by atoms with Crippen molar-refractivity contribution in [2.75, 3.05) is 5.75 Å². The highest BCUT2D eigenvalue weighted by atomic mass is 32.2. The fourth-order valence-corrected chi connectivity index (χ4v) is 2.82. The second-order valence-electron chi connectivity index (χ2n) is 3.76. The molecule has 0 aromatic carbocycles. The number of hydrogen-bond acceptors (Lipinski definition) is 1. The average Bonchev–Trinajstić information content (AvgIpc) is 2.06. The van der Waals surface area contributed by atoms with Gasteiger partial charge in [0, 0.05) is 4.75 Å². The molecule has 0 aromatic heterocycles. The van der Waals surface area contributed by atoms with E-state index >= 15 is 0 Å². The van der Waals surface area contributed by atoms with E-state index in [1.807, 2.05) is 0 Å². The van der Waals surface area contributed by atoms with Crippen LogP contribution in [0, 0.1) is 0 Å². The number of hydrogen-bond donors (Lipinski definition) is 0. The second-order valence-corrected chi connectivity index (χ2v) is 5.44. The normalized spacial score (nSPS) is 16.0. The molecule has 0 aromatic rings. The molecule has 0 saturated carbocycles. The third-order valence-corrected chi connectivity index (χ3v) is 4.16. The number of unbranched alkanes of at least 4 members (excludes halogenated alkanes) is 1. The van der Waals surface area contributed by atoms with Gasteiger partial charge in [-0.2, -0.15) is 11.8 Å². The Morgan fingerprint density at radius 3 is 2.17 bits per heavy atom. The molecule has 1 unspecified atom stereocenters. The van der Waals surface area contributed by atoms with E-state index in [0.717, 1.165) is 0 Å². The van der Waals surface area contributed by atoms with E-state index in [9.17, 15) is 0 Å². The van der Waals surface area contributed by atoms with Gasteiger partial charge in [-0.15, -0.1) is 0 Å². The molecule has 0 bridgehead atoms. The Balaban J connectivity index is 3.63. The first-order valence-electron chi connectivity index (χ1n) is 5.32. The first kappa shape index (κ1) is 12.3. The number of thioether (sulfide) groups is 1. The molecule has 0 saturated heterocycles. The zero-order chi connectivity index (χ0) is 9.45. The van der Waals surface area contributed by atoms with Gasteiger partial charge >= 0.3 is 0 Å². The van der Waals surface area contributed by atoms with Crippen molar-refractivity contribution >= 4 is 11.8 Å². The molecule has 0 aliphatic heterocycles. The lowest BCUT2D eigenvalue weighted by atomic mass is 10.0. The molecule has 0 heterocycles. The van der Waals surface area contributed by atoms with Gasteiger partial charge in [0.25, 0.3) is 0 Å². The molecule has 0 aliphatic carbocycles. The molecule has 12 heavy (non-hydrogen) atoms. The van der Waals surface area contributed by atoms with Gasteiger partial charge in [-0.25, -0.2) is 0 Å². The fraction of sp³-hybridized carbons (Fsp3) is 1.00. The van der Waals surface area contributed by atoms with E-state index in [0.29, 0.717) is 4.75 Å². The van der Waals surface area contributed by atoms with E-state index in [4.69, 9.17) is 0 Å². The predicted octanol–water partition coefficient (Wildman–Crippen LogP) is 4.49. The Morgan fingerprint density at radius 2 is 1.75 bits per heavy atom. The molecule has 0 amide bonds. The van der Waals surface area contributed by atoms with E-state index in [2.05, 4.69) is 39.5 Å². The first-order chi connectivity index (χ1) is 5.68. The second kappa shape index (κ2) is 6.82. The maximum Gasteiger partial charge on any atom is 0.0129 e. The molecule has 0 aliphatic rings. The van der Waals surface area contributed by atoms with Crippen molar-refractivity contribution in [3.63, 3.8) is 0 Å². The summed E-state index contributed by atoms with van der Waals surface area (Å²) in [6.45, 7) is 9.28. The van der Waals surface area contributed by atoms with Crippen molar-refractivity contribution in [2.24, 2.45) is 0 Å². The SMILES string of the molecule is CCCCSC(C)(CC)CCC. The Labute approximate surface area is 82.5 Å². The van der Waals surface area contributed by atoms with Gasteiger partial charge in [-0.05, 0) is 25.0 Å². The lowest BCUT2D eigenvalue weighted by Crippen LogP contribution is -2.18. The van der Waals surface area contributed by atoms with Crippen LogP contribution in [0.25, 0.3) is 0 Å². The summed E-state index contributed by atoms with van der Waals surface area (Å²) in [6.07, 6.45) is 6.72. The Bertz CT molecular complexity index is 101. The summed E-state index contributed by atoms with van der Waals surface area (Å²) in [4.78, 5) is 0. The predicted molar refractivity (Wildman–Crippen MR) is 61.0 cm³/mol. The maximum atomic E-state index is 2.41. The molecular weight excluding hydrogens is 164 g/mol. The van der Waals surface area contributed by atoms with Crippen LogP contribution in [-0.4, -0.2) is 10.5 Å². The average molecular weight is 188 g/mol. The summed E-state index contributed by atoms with van der Waals surface area (Å²) < 4.78 is 0.559. The molecule has 0 fully saturated rings. The summed E-state index contributed by atoms with van der Waals surface area (Å²) in [5, 5.41) is 0. The van der Waals surface area contributed by atoms with E-state index in [1.165, 1.54) is 37.9 Å². The van der Waals surface area contributed by atoms with E-state index < -0.39 is 0 Å². The lowest BCUT2D eigenvalue weighted by Gasteiger charge is -2.27. The molecule has 0 nitrogen and oxygen atoms in total. The molecule has 0 N–H and O–H groups in total. The van der Waals surface area contributed by atoms with Gasteiger partial charge in [0.05, 0.1) is 0 Å². The molecule has 1 atom stereocenters. The summed E-state index contributed by atoms with van der Waals surface area (Å²) in [5.41, 5.74) is 0. The topological polar surface area (TPSA) is 0 Å². The monoisotopic (exact) mass is 188 g/mol. The van der Waals surface area contributed by atoms with Crippen LogP contribution in [0.1, 0.15) is 59.8 Å². The molecule has 0 radical (unpaired) electrons. The third kappa shape index (κ3) is 5.08. The highest BCUT2D eigenvalue weighted by molar-refractivity contribution is 8.00. The minimum atomic E-state index is 0.559. The summed E-state index contributed by atoms with van der Waals surface area (Å²) >= 11 is 2.17. The van der Waals surface area contributed by atoms with Crippen LogP contribution in [0.15, 0.2) is 0 Å². The van der Waals surface area contributed by atoms with Gasteiger partial charge in [0.2, 0.25) is 0 Å². The Hall–Kier alpha value is 0.350. The minimum Gasteiger partial charge on any atom is -0.155 e. The van der Waals surface area contributed by atoms with Crippen LogP contribution in [0.5, 0.6) is 0 Å². The zero-order valence-corrected chi connectivity index (χ0v) is 9.97. The van der Waals surface area contributed by atoms with Crippen molar-refractivity contribution in [3.05, 3.63) is 0 Å². The van der Waals surface area contributed by atoms with Crippen LogP contribution in [0.3, 0.4) is 0 Å². The van der Waals surface area contributed by atoms with Crippen molar-refractivity contribution in [1.82, 2.24) is 0 Å². The summed E-state index contributed by atoms with van der Waals surface area (Å²) in [7, 11) is 0. The molecular formula is C11H24S. The van der Waals surface area contributed by atoms with E-state index in [-0.39, 0.29) is 0 Å². The van der Waals surface area contributed by atoms with Crippen LogP contribution < -0.4 is 0 Å². The van der Waals surface area contributed by atoms with Crippen molar-refractivity contribution < 1.29 is 0 Å². The van der Waals surface area contributed by atoms with Gasteiger partial charge in [0.15, 0.2) is 0 Å². The quantitative estimate of drug-likeness (QED) is 0.530. The fourth-order valence-electron chi connectivity index (χ4n) is 1.34. The van der Waals surface area contributed by atoms with Gasteiger partial charge in [0.1, 0.15) is 0 Å². The van der Waals surface area contributed by atoms with Gasteiger partial charge in [-0.1, -0.05) is 40.5 Å². The van der Waals surface area contributed by atoms with Crippen LogP contribution in [0.4, 0.5) is 0 Å².